The topological polar surface area (TPSA) is 27.7 Å². The molecule has 0 spiro atoms. The standard InChI is InChI=1S/C39H61F7O3Si2/c1-12-36-23-22-26-24-28(47-6)18-19-29(26)33(36)27(25-35(5)30(36)20-21-31(35)49-51(10,11)34(2,3)4)16-14-13-15-17-32(48-50(7,8)9)37(40,41)38(42,43)39(44,45)46/h12,18-19,24,27,30-33H,1,13-17,20-23,25H2,2-11H3/t27-,30+,31-,32+,33+,35-,36+/m0/s1. The Hall–Kier alpha value is -1.38. The minimum Gasteiger partial charge on any atom is -0.497 e. The maximum absolute atomic E-state index is 14.9. The molecule has 0 aromatic heterocycles. The smallest absolute Gasteiger partial charge is 0.459 e. The van der Waals surface area contributed by atoms with E-state index in [9.17, 15) is 30.7 Å². The lowest BCUT2D eigenvalue weighted by Crippen LogP contribution is -2.59. The summed E-state index contributed by atoms with van der Waals surface area (Å²) in [6, 6.07) is 6.32. The van der Waals surface area contributed by atoms with Crippen LogP contribution in [0.1, 0.15) is 103 Å². The number of benzene rings is 1. The van der Waals surface area contributed by atoms with E-state index in [1.807, 2.05) is 6.07 Å². The van der Waals surface area contributed by atoms with E-state index in [0.717, 1.165) is 44.3 Å². The van der Waals surface area contributed by atoms with E-state index in [-0.39, 0.29) is 40.2 Å². The Bertz CT molecular complexity index is 1390. The first-order chi connectivity index (χ1) is 23.2. The highest BCUT2D eigenvalue weighted by Crippen LogP contribution is 2.70. The van der Waals surface area contributed by atoms with E-state index >= 15 is 0 Å². The normalized spacial score (nSPS) is 29.6. The van der Waals surface area contributed by atoms with Crippen molar-refractivity contribution < 1.29 is 44.3 Å². The van der Waals surface area contributed by atoms with Gasteiger partial charge in [0.1, 0.15) is 11.9 Å². The molecule has 0 saturated heterocycles. The van der Waals surface area contributed by atoms with Crippen molar-refractivity contribution in [3.05, 3.63) is 42.0 Å². The van der Waals surface area contributed by atoms with Crippen LogP contribution in [0.2, 0.25) is 37.8 Å². The molecule has 1 aromatic rings. The van der Waals surface area contributed by atoms with Crippen molar-refractivity contribution in [2.75, 3.05) is 7.11 Å². The second kappa shape index (κ2) is 14.4. The molecule has 12 heteroatoms. The zero-order valence-electron chi connectivity index (χ0n) is 32.3. The van der Waals surface area contributed by atoms with Gasteiger partial charge in [0.2, 0.25) is 0 Å². The minimum absolute atomic E-state index is 0.0491. The van der Waals surface area contributed by atoms with Crippen LogP contribution in [0.25, 0.3) is 0 Å². The van der Waals surface area contributed by atoms with E-state index in [4.69, 9.17) is 13.6 Å². The van der Waals surface area contributed by atoms with Gasteiger partial charge in [-0.3, -0.25) is 0 Å². The summed E-state index contributed by atoms with van der Waals surface area (Å²) in [5.41, 5.74) is 2.26. The summed E-state index contributed by atoms with van der Waals surface area (Å²) >= 11 is 0. The number of ether oxygens (including phenoxy) is 1. The molecule has 0 heterocycles. The van der Waals surface area contributed by atoms with Crippen molar-refractivity contribution in [2.24, 2.45) is 22.7 Å². The summed E-state index contributed by atoms with van der Waals surface area (Å²) in [5.74, 6) is -10.0. The third kappa shape index (κ3) is 7.91. The maximum Gasteiger partial charge on any atom is 0.459 e. The fourth-order valence-electron chi connectivity index (χ4n) is 9.56. The first-order valence-electron chi connectivity index (χ1n) is 18.7. The van der Waals surface area contributed by atoms with E-state index < -0.39 is 47.2 Å². The first-order valence-corrected chi connectivity index (χ1v) is 25.0. The molecule has 1 aromatic carbocycles. The number of fused-ring (bicyclic) bond motifs is 5. The van der Waals surface area contributed by atoms with Crippen molar-refractivity contribution >= 4 is 16.6 Å². The predicted molar refractivity (Wildman–Crippen MR) is 195 cm³/mol. The van der Waals surface area contributed by atoms with Gasteiger partial charge in [0, 0.05) is 0 Å². The molecular formula is C39H61F7O3Si2. The van der Waals surface area contributed by atoms with Crippen LogP contribution in [0.3, 0.4) is 0 Å². The van der Waals surface area contributed by atoms with Crippen molar-refractivity contribution in [3.8, 4) is 5.75 Å². The summed E-state index contributed by atoms with van der Waals surface area (Å²) in [6.45, 7) is 22.7. The Morgan fingerprint density at radius 3 is 2.16 bits per heavy atom. The minimum atomic E-state index is -6.39. The van der Waals surface area contributed by atoms with Gasteiger partial charge in [-0.2, -0.15) is 30.7 Å². The van der Waals surface area contributed by atoms with Crippen molar-refractivity contribution in [3.63, 3.8) is 0 Å². The molecule has 0 unspecified atom stereocenters. The molecule has 2 saturated carbocycles. The van der Waals surface area contributed by atoms with E-state index in [1.54, 1.807) is 7.11 Å². The van der Waals surface area contributed by atoms with Crippen molar-refractivity contribution in [2.45, 2.75) is 166 Å². The van der Waals surface area contributed by atoms with Gasteiger partial charge in [0.05, 0.1) is 13.2 Å². The van der Waals surface area contributed by atoms with Crippen LogP contribution in [-0.4, -0.2) is 54.0 Å². The van der Waals surface area contributed by atoms with Crippen molar-refractivity contribution in [1.29, 1.82) is 0 Å². The Morgan fingerprint density at radius 1 is 0.961 bits per heavy atom. The van der Waals surface area contributed by atoms with Gasteiger partial charge in [-0.25, -0.2) is 0 Å². The first kappa shape index (κ1) is 42.4. The number of aryl methyl sites for hydroxylation is 1. The molecule has 2 fully saturated rings. The van der Waals surface area contributed by atoms with Gasteiger partial charge < -0.3 is 13.6 Å². The number of rotatable bonds is 14. The number of hydrogen-bond donors (Lipinski definition) is 0. The fraction of sp³-hybridized carbons (Fsp3) is 0.795. The summed E-state index contributed by atoms with van der Waals surface area (Å²) in [6.07, 6.45) is -0.583. The number of hydrogen-bond acceptors (Lipinski definition) is 3. The molecule has 7 atom stereocenters. The molecule has 0 amide bonds. The number of allylic oxidation sites excluding steroid dienone is 1. The highest BCUT2D eigenvalue weighted by atomic mass is 28.4. The lowest BCUT2D eigenvalue weighted by molar-refractivity contribution is -0.369. The quantitative estimate of drug-likeness (QED) is 0.0817. The number of unbranched alkanes of at least 4 members (excludes halogenated alkanes) is 2. The SMILES string of the molecule is C=C[C@]12CCc3cc(OC)ccc3[C@H]1[C@@H](CCCCC[C@@H](O[Si](C)(C)C)C(F)(F)C(F)(F)C(F)(F)F)C[C@]1(C)[C@@H](O[Si](C)(C)C(C)(C)C)CC[C@H]12. The number of methoxy groups -OCH3 is 1. The van der Waals surface area contributed by atoms with E-state index in [0.29, 0.717) is 18.8 Å². The third-order valence-corrected chi connectivity index (χ3v) is 18.5. The molecule has 4 rings (SSSR count). The molecular weight excluding hydrogens is 706 g/mol. The van der Waals surface area contributed by atoms with Gasteiger partial charge in [0.25, 0.3) is 0 Å². The summed E-state index contributed by atoms with van der Waals surface area (Å²) in [4.78, 5) is 0. The number of halogens is 7. The van der Waals surface area contributed by atoms with Crippen LogP contribution < -0.4 is 4.74 Å². The summed E-state index contributed by atoms with van der Waals surface area (Å²) in [5, 5.41) is 0.0505. The van der Waals surface area contributed by atoms with Crippen molar-refractivity contribution in [1.82, 2.24) is 0 Å². The zero-order valence-corrected chi connectivity index (χ0v) is 34.3. The van der Waals surface area contributed by atoms with E-state index in [2.05, 4.69) is 65.6 Å². The molecule has 292 valence electrons. The molecule has 51 heavy (non-hydrogen) atoms. The second-order valence-corrected chi connectivity index (χ2v) is 27.6. The van der Waals surface area contributed by atoms with E-state index in [1.165, 1.54) is 30.8 Å². The molecule has 0 aliphatic heterocycles. The third-order valence-electron chi connectivity index (χ3n) is 13.0. The lowest BCUT2D eigenvalue weighted by atomic mass is 9.44. The molecule has 0 radical (unpaired) electrons. The average Bonchev–Trinajstić information content (AvgIpc) is 3.32. The highest BCUT2D eigenvalue weighted by molar-refractivity contribution is 6.74. The summed E-state index contributed by atoms with van der Waals surface area (Å²) < 4.78 is 116. The van der Waals surface area contributed by atoms with Crippen LogP contribution in [0.4, 0.5) is 30.7 Å². The van der Waals surface area contributed by atoms with Crippen LogP contribution in [0.5, 0.6) is 5.75 Å². The highest BCUT2D eigenvalue weighted by Gasteiger charge is 2.75. The predicted octanol–water partition coefficient (Wildman–Crippen LogP) is 12.7. The lowest BCUT2D eigenvalue weighted by Gasteiger charge is -2.61. The van der Waals surface area contributed by atoms with Gasteiger partial charge in [-0.1, -0.05) is 59.1 Å². The Morgan fingerprint density at radius 2 is 1.61 bits per heavy atom. The van der Waals surface area contributed by atoms with Crippen LogP contribution in [0, 0.1) is 22.7 Å². The average molecular weight is 767 g/mol. The Balaban J connectivity index is 1.62. The van der Waals surface area contributed by atoms with Gasteiger partial charge in [-0.15, -0.1) is 6.58 Å². The monoisotopic (exact) mass is 766 g/mol. The Kier molecular flexibility index (Phi) is 11.9. The largest absolute Gasteiger partial charge is 0.497 e. The van der Waals surface area contributed by atoms with Gasteiger partial charge in [-0.05, 0) is 135 Å². The molecule has 3 nitrogen and oxygen atoms in total. The zero-order chi connectivity index (χ0) is 38.6. The molecule has 0 N–H and O–H groups in total. The van der Waals surface area contributed by atoms with Crippen LogP contribution >= 0.6 is 0 Å². The van der Waals surface area contributed by atoms with Gasteiger partial charge >= 0.3 is 18.0 Å². The maximum atomic E-state index is 14.9. The summed E-state index contributed by atoms with van der Waals surface area (Å²) in [7, 11) is -3.34. The van der Waals surface area contributed by atoms with Crippen LogP contribution in [0.15, 0.2) is 30.9 Å². The molecule has 3 aliphatic carbocycles. The molecule has 3 aliphatic rings. The van der Waals surface area contributed by atoms with Crippen LogP contribution in [-0.2, 0) is 15.3 Å². The molecule has 0 bridgehead atoms. The number of alkyl halides is 7. The Labute approximate surface area is 303 Å². The van der Waals surface area contributed by atoms with Gasteiger partial charge in [0.15, 0.2) is 16.6 Å². The fourth-order valence-corrected chi connectivity index (χ4v) is 12.1. The second-order valence-electron chi connectivity index (χ2n) is 18.4.